The van der Waals surface area contributed by atoms with E-state index < -0.39 is 10.1 Å². The summed E-state index contributed by atoms with van der Waals surface area (Å²) in [5.74, 6) is -0.236. The lowest BCUT2D eigenvalue weighted by atomic mass is 10.1. The first-order valence-corrected chi connectivity index (χ1v) is 9.60. The monoisotopic (exact) mass is 322 g/mol. The fraction of sp³-hybridized carbons (Fsp3) is 1.00. The van der Waals surface area contributed by atoms with Crippen molar-refractivity contribution in [3.05, 3.63) is 0 Å². The van der Waals surface area contributed by atoms with Gasteiger partial charge in [-0.05, 0) is 39.9 Å². The van der Waals surface area contributed by atoms with E-state index in [1.54, 1.807) is 0 Å². The molecule has 0 atom stereocenters. The number of rotatable bonds is 13. The van der Waals surface area contributed by atoms with Crippen molar-refractivity contribution >= 4 is 10.1 Å². The maximum absolute atomic E-state index is 10.6. The molecule has 0 amide bonds. The maximum Gasteiger partial charge on any atom is 0.0948 e. The van der Waals surface area contributed by atoms with Gasteiger partial charge in [0.2, 0.25) is 0 Å². The van der Waals surface area contributed by atoms with Crippen molar-refractivity contribution in [1.29, 1.82) is 0 Å². The Hall–Kier alpha value is -0.170. The van der Waals surface area contributed by atoms with Gasteiger partial charge in [-0.1, -0.05) is 19.3 Å². The summed E-state index contributed by atoms with van der Waals surface area (Å²) in [6.45, 7) is 2.98. The van der Waals surface area contributed by atoms with Crippen LogP contribution >= 0.6 is 0 Å². The third-order valence-corrected chi connectivity index (χ3v) is 4.57. The van der Waals surface area contributed by atoms with Crippen LogP contribution in [0.3, 0.4) is 0 Å². The fourth-order valence-electron chi connectivity index (χ4n) is 2.46. The molecule has 21 heavy (non-hydrogen) atoms. The Balaban J connectivity index is 3.52. The number of hydrogen-bond acceptors (Lipinski definition) is 4. The topological polar surface area (TPSA) is 60.4 Å². The molecule has 6 heteroatoms. The minimum atomic E-state index is -4.05. The smallest absolute Gasteiger partial charge is 0.0948 e. The van der Waals surface area contributed by atoms with E-state index >= 15 is 0 Å². The molecule has 0 unspecified atom stereocenters. The first kappa shape index (κ1) is 20.8. The zero-order valence-corrected chi connectivity index (χ0v) is 15.1. The molecule has 0 aromatic rings. The number of quaternary nitrogens is 1. The largest absolute Gasteiger partial charge is 0.748 e. The van der Waals surface area contributed by atoms with Gasteiger partial charge in [-0.3, -0.25) is 0 Å². The normalized spacial score (nSPS) is 13.0. The van der Waals surface area contributed by atoms with Crippen molar-refractivity contribution in [3.8, 4) is 0 Å². The van der Waals surface area contributed by atoms with E-state index in [0.717, 1.165) is 17.6 Å². The van der Waals surface area contributed by atoms with Crippen LogP contribution in [-0.4, -0.2) is 75.9 Å². The van der Waals surface area contributed by atoms with Gasteiger partial charge in [0, 0.05) is 12.2 Å². The van der Waals surface area contributed by atoms with Crippen LogP contribution in [0.5, 0.6) is 0 Å². The minimum absolute atomic E-state index is 0.236. The van der Waals surface area contributed by atoms with E-state index in [1.807, 2.05) is 0 Å². The van der Waals surface area contributed by atoms with E-state index in [-0.39, 0.29) is 5.75 Å². The van der Waals surface area contributed by atoms with E-state index in [4.69, 9.17) is 0 Å². The average Bonchev–Trinajstić information content (AvgIpc) is 2.30. The molecule has 0 saturated carbocycles. The van der Waals surface area contributed by atoms with Crippen LogP contribution in [0.25, 0.3) is 0 Å². The van der Waals surface area contributed by atoms with Crippen LogP contribution in [0.4, 0.5) is 0 Å². The summed E-state index contributed by atoms with van der Waals surface area (Å²) >= 11 is 0. The predicted molar refractivity (Wildman–Crippen MR) is 87.3 cm³/mol. The average molecular weight is 323 g/mol. The summed E-state index contributed by atoms with van der Waals surface area (Å²) in [7, 11) is 4.38. The molecule has 0 radical (unpaired) electrons. The molecule has 0 fully saturated rings. The number of nitrogens with zero attached hydrogens (tertiary/aromatic N) is 2. The lowest BCUT2D eigenvalue weighted by molar-refractivity contribution is -0.890. The third-order valence-electron chi connectivity index (χ3n) is 3.78. The molecule has 0 aliphatic carbocycles. The minimum Gasteiger partial charge on any atom is -0.748 e. The third kappa shape index (κ3) is 16.0. The first-order valence-electron chi connectivity index (χ1n) is 8.03. The van der Waals surface area contributed by atoms with E-state index in [2.05, 4.69) is 33.1 Å². The number of unbranched alkanes of at least 4 members (excludes halogenated alkanes) is 5. The van der Waals surface area contributed by atoms with Gasteiger partial charge in [0.1, 0.15) is 0 Å². The molecule has 128 valence electrons. The van der Waals surface area contributed by atoms with Crippen LogP contribution in [0.1, 0.15) is 44.9 Å². The van der Waals surface area contributed by atoms with Crippen molar-refractivity contribution in [3.63, 3.8) is 0 Å². The first-order chi connectivity index (χ1) is 9.62. The van der Waals surface area contributed by atoms with Crippen molar-refractivity contribution in [2.45, 2.75) is 44.9 Å². The van der Waals surface area contributed by atoms with E-state index in [9.17, 15) is 13.0 Å². The Morgan fingerprint density at radius 3 is 1.86 bits per heavy atom. The molecule has 0 aliphatic rings. The molecule has 0 spiro atoms. The Morgan fingerprint density at radius 2 is 1.33 bits per heavy atom. The van der Waals surface area contributed by atoms with Crippen LogP contribution < -0.4 is 0 Å². The Bertz CT molecular complexity index is 354. The van der Waals surface area contributed by atoms with Crippen LogP contribution in [-0.2, 0) is 10.1 Å². The molecule has 0 bridgehead atoms. The summed E-state index contributed by atoms with van der Waals surface area (Å²) in [5.41, 5.74) is 0. The highest BCUT2D eigenvalue weighted by atomic mass is 32.2. The summed E-state index contributed by atoms with van der Waals surface area (Å²) in [6, 6.07) is 0. The Kier molecular flexibility index (Phi) is 10.5. The SMILES string of the molecule is CN(C)CCCCCCCC[N+](C)(C)CCCS(=O)(=O)[O-]. The molecular weight excluding hydrogens is 288 g/mol. The van der Waals surface area contributed by atoms with Gasteiger partial charge in [-0.2, -0.15) is 0 Å². The lowest BCUT2D eigenvalue weighted by Gasteiger charge is -2.30. The maximum atomic E-state index is 10.6. The lowest BCUT2D eigenvalue weighted by Crippen LogP contribution is -2.41. The molecule has 0 aromatic heterocycles. The molecule has 0 heterocycles. The van der Waals surface area contributed by atoms with Crippen molar-refractivity contribution < 1.29 is 17.5 Å². The standard InChI is InChI=1S/C15H34N2O3S/c1-16(2)12-9-7-5-6-8-10-13-17(3,4)14-11-15-21(18,19)20/h5-15H2,1-4H3. The summed E-state index contributed by atoms with van der Waals surface area (Å²) in [4.78, 5) is 2.22. The molecule has 0 aromatic carbocycles. The predicted octanol–water partition coefficient (Wildman–Crippen LogP) is 1.90. The van der Waals surface area contributed by atoms with E-state index in [0.29, 0.717) is 6.42 Å². The van der Waals surface area contributed by atoms with Gasteiger partial charge >= 0.3 is 0 Å². The van der Waals surface area contributed by atoms with E-state index in [1.165, 1.54) is 45.1 Å². The molecule has 0 aliphatic heterocycles. The van der Waals surface area contributed by atoms with Gasteiger partial charge in [0.05, 0.1) is 37.3 Å². The molecular formula is C15H34N2O3S. The molecule has 0 saturated heterocycles. The van der Waals surface area contributed by atoms with Crippen LogP contribution in [0.2, 0.25) is 0 Å². The molecule has 0 N–H and O–H groups in total. The van der Waals surface area contributed by atoms with Crippen molar-refractivity contribution in [2.24, 2.45) is 0 Å². The van der Waals surface area contributed by atoms with Gasteiger partial charge in [0.15, 0.2) is 0 Å². The van der Waals surface area contributed by atoms with Crippen molar-refractivity contribution in [1.82, 2.24) is 4.90 Å². The zero-order valence-electron chi connectivity index (χ0n) is 14.3. The van der Waals surface area contributed by atoms with Crippen molar-refractivity contribution in [2.75, 3.05) is 53.6 Å². The molecule has 5 nitrogen and oxygen atoms in total. The number of hydrogen-bond donors (Lipinski definition) is 0. The van der Waals surface area contributed by atoms with Gasteiger partial charge in [-0.25, -0.2) is 8.42 Å². The van der Waals surface area contributed by atoms with Gasteiger partial charge in [0.25, 0.3) is 0 Å². The summed E-state index contributed by atoms with van der Waals surface area (Å²) in [6.07, 6.45) is 8.03. The van der Waals surface area contributed by atoms with Gasteiger partial charge < -0.3 is 13.9 Å². The highest BCUT2D eigenvalue weighted by Gasteiger charge is 2.14. The van der Waals surface area contributed by atoms with Crippen LogP contribution in [0.15, 0.2) is 0 Å². The van der Waals surface area contributed by atoms with Crippen LogP contribution in [0, 0.1) is 0 Å². The summed E-state index contributed by atoms with van der Waals surface area (Å²) in [5, 5.41) is 0. The Morgan fingerprint density at radius 1 is 0.857 bits per heavy atom. The quantitative estimate of drug-likeness (QED) is 0.295. The molecule has 0 rings (SSSR count). The Labute approximate surface area is 131 Å². The van der Waals surface area contributed by atoms with Gasteiger partial charge in [-0.15, -0.1) is 0 Å². The highest BCUT2D eigenvalue weighted by Crippen LogP contribution is 2.09. The highest BCUT2D eigenvalue weighted by molar-refractivity contribution is 7.85. The fourth-order valence-corrected chi connectivity index (χ4v) is 2.94. The summed E-state index contributed by atoms with van der Waals surface area (Å²) < 4.78 is 32.5. The second-order valence-corrected chi connectivity index (χ2v) is 8.45. The second kappa shape index (κ2) is 10.5. The zero-order chi connectivity index (χ0) is 16.4. The second-order valence-electron chi connectivity index (χ2n) is 6.92.